The van der Waals surface area contributed by atoms with Crippen molar-refractivity contribution in [2.45, 2.75) is 32.0 Å². The summed E-state index contributed by atoms with van der Waals surface area (Å²) in [5.41, 5.74) is 0. The number of methoxy groups -OCH3 is 1. The second kappa shape index (κ2) is 11.4. The van der Waals surface area contributed by atoms with Crippen molar-refractivity contribution in [2.75, 3.05) is 47.4 Å². The Bertz CT molecular complexity index is 645. The van der Waals surface area contributed by atoms with Crippen LogP contribution in [0, 0.1) is 0 Å². The van der Waals surface area contributed by atoms with Crippen LogP contribution in [0.5, 0.6) is 11.5 Å². The molecule has 0 aliphatic carbocycles. The fourth-order valence-electron chi connectivity index (χ4n) is 2.67. The van der Waals surface area contributed by atoms with E-state index >= 15 is 0 Å². The molecule has 0 spiro atoms. The maximum atomic E-state index is 11.8. The quantitative estimate of drug-likeness (QED) is 0.486. The number of aliphatic imine (C=N–C) groups is 1. The minimum atomic E-state index is -0.105. The van der Waals surface area contributed by atoms with E-state index in [-0.39, 0.29) is 24.7 Å². The third-order valence-electron chi connectivity index (χ3n) is 4.33. The second-order valence-electron chi connectivity index (χ2n) is 6.96. The van der Waals surface area contributed by atoms with E-state index in [1.54, 1.807) is 21.2 Å². The fraction of sp³-hybridized carbons (Fsp3) is 0.600. The highest BCUT2D eigenvalue weighted by atomic mass is 16.5. The van der Waals surface area contributed by atoms with Crippen LogP contribution < -0.4 is 20.1 Å². The van der Waals surface area contributed by atoms with Gasteiger partial charge in [-0.15, -0.1) is 0 Å². The van der Waals surface area contributed by atoms with Gasteiger partial charge in [-0.05, 0) is 31.9 Å². The van der Waals surface area contributed by atoms with Gasteiger partial charge in [0, 0.05) is 33.3 Å². The highest BCUT2D eigenvalue weighted by molar-refractivity contribution is 5.84. The molecule has 2 rings (SSSR count). The Hall–Kier alpha value is -2.48. The molecule has 0 aromatic heterocycles. The van der Waals surface area contributed by atoms with Gasteiger partial charge in [0.1, 0.15) is 24.1 Å². The molecule has 0 bridgehead atoms. The number of likely N-dealkylation sites (N-methyl/N-ethyl adjacent to an activating group) is 1. The molecule has 1 aromatic rings. The topological polar surface area (TPSA) is 84.4 Å². The van der Waals surface area contributed by atoms with Crippen molar-refractivity contribution in [2.24, 2.45) is 4.99 Å². The Morgan fingerprint density at radius 1 is 1.36 bits per heavy atom. The summed E-state index contributed by atoms with van der Waals surface area (Å²) in [6, 6.07) is 7.49. The van der Waals surface area contributed by atoms with Crippen molar-refractivity contribution in [1.29, 1.82) is 0 Å². The van der Waals surface area contributed by atoms with Crippen molar-refractivity contribution in [3.8, 4) is 11.5 Å². The number of hydrogen-bond acceptors (Lipinski definition) is 5. The van der Waals surface area contributed by atoms with Gasteiger partial charge in [0.2, 0.25) is 5.91 Å². The number of nitrogens with zero attached hydrogens (tertiary/aromatic N) is 2. The van der Waals surface area contributed by atoms with Crippen LogP contribution >= 0.6 is 0 Å². The standard InChI is InChI=1S/C20H32N4O4/c1-15(28-17-8-5-7-16(11-17)26-4)12-21-20(23-14-19(25)24(2)3)22-13-18-9-6-10-27-18/h5,7-8,11,15,18H,6,9-10,12-14H2,1-4H3,(H2,21,22,23). The zero-order valence-corrected chi connectivity index (χ0v) is 17.2. The van der Waals surface area contributed by atoms with E-state index in [1.807, 2.05) is 31.2 Å². The summed E-state index contributed by atoms with van der Waals surface area (Å²) in [4.78, 5) is 17.8. The van der Waals surface area contributed by atoms with Gasteiger partial charge in [0.05, 0.1) is 19.8 Å². The monoisotopic (exact) mass is 392 g/mol. The molecule has 28 heavy (non-hydrogen) atoms. The first-order valence-corrected chi connectivity index (χ1v) is 9.62. The largest absolute Gasteiger partial charge is 0.497 e. The molecule has 1 aromatic carbocycles. The summed E-state index contributed by atoms with van der Waals surface area (Å²) in [6.45, 7) is 4.04. The maximum absolute atomic E-state index is 11.8. The maximum Gasteiger partial charge on any atom is 0.243 e. The zero-order valence-electron chi connectivity index (χ0n) is 17.2. The number of benzene rings is 1. The number of hydrogen-bond donors (Lipinski definition) is 2. The van der Waals surface area contributed by atoms with E-state index in [1.165, 1.54) is 4.90 Å². The second-order valence-corrected chi connectivity index (χ2v) is 6.96. The molecule has 1 heterocycles. The lowest BCUT2D eigenvalue weighted by molar-refractivity contribution is -0.127. The molecule has 2 N–H and O–H groups in total. The van der Waals surface area contributed by atoms with E-state index in [0.717, 1.165) is 30.9 Å². The first-order valence-electron chi connectivity index (χ1n) is 9.62. The van der Waals surface area contributed by atoms with Gasteiger partial charge < -0.3 is 29.7 Å². The van der Waals surface area contributed by atoms with Gasteiger partial charge >= 0.3 is 0 Å². The molecule has 2 unspecified atom stereocenters. The molecule has 2 atom stereocenters. The SMILES string of the molecule is COc1cccc(OC(C)CNC(=NCC(=O)N(C)C)NCC2CCCO2)c1. The van der Waals surface area contributed by atoms with Crippen LogP contribution in [0.3, 0.4) is 0 Å². The van der Waals surface area contributed by atoms with E-state index in [9.17, 15) is 4.79 Å². The Kier molecular flexibility index (Phi) is 8.87. The molecular formula is C20H32N4O4. The molecule has 1 aliphatic rings. The number of carbonyl (C=O) groups excluding carboxylic acids is 1. The molecule has 1 fully saturated rings. The average Bonchev–Trinajstić information content (AvgIpc) is 3.20. The number of amides is 1. The Morgan fingerprint density at radius 2 is 2.14 bits per heavy atom. The van der Waals surface area contributed by atoms with E-state index in [0.29, 0.717) is 19.0 Å². The summed E-state index contributed by atoms with van der Waals surface area (Å²) in [6.07, 6.45) is 2.19. The number of rotatable bonds is 9. The lowest BCUT2D eigenvalue weighted by atomic mass is 10.2. The van der Waals surface area contributed by atoms with Crippen molar-refractivity contribution < 1.29 is 19.0 Å². The Labute approximate surface area is 167 Å². The summed E-state index contributed by atoms with van der Waals surface area (Å²) < 4.78 is 16.8. The van der Waals surface area contributed by atoms with Crippen molar-refractivity contribution in [1.82, 2.24) is 15.5 Å². The molecule has 1 aliphatic heterocycles. The molecule has 1 saturated heterocycles. The normalized spacial score (nSPS) is 17.7. The van der Waals surface area contributed by atoms with Gasteiger partial charge in [0.15, 0.2) is 5.96 Å². The minimum absolute atomic E-state index is 0.0566. The number of ether oxygens (including phenoxy) is 3. The first kappa shape index (κ1) is 21.8. The number of guanidine groups is 1. The van der Waals surface area contributed by atoms with E-state index < -0.39 is 0 Å². The highest BCUT2D eigenvalue weighted by Crippen LogP contribution is 2.19. The Morgan fingerprint density at radius 3 is 2.82 bits per heavy atom. The van der Waals surface area contributed by atoms with Crippen LogP contribution in [0.2, 0.25) is 0 Å². The van der Waals surface area contributed by atoms with Gasteiger partial charge in [-0.2, -0.15) is 0 Å². The van der Waals surface area contributed by atoms with Crippen molar-refractivity contribution in [3.05, 3.63) is 24.3 Å². The van der Waals surface area contributed by atoms with Gasteiger partial charge in [-0.25, -0.2) is 4.99 Å². The molecule has 0 saturated carbocycles. The van der Waals surface area contributed by atoms with Crippen LogP contribution in [0.1, 0.15) is 19.8 Å². The number of carbonyl (C=O) groups is 1. The first-order chi connectivity index (χ1) is 13.5. The molecular weight excluding hydrogens is 360 g/mol. The average molecular weight is 393 g/mol. The van der Waals surface area contributed by atoms with E-state index in [4.69, 9.17) is 14.2 Å². The zero-order chi connectivity index (χ0) is 20.4. The third kappa shape index (κ3) is 7.64. The van der Waals surface area contributed by atoms with Gasteiger partial charge in [-0.1, -0.05) is 6.07 Å². The lowest BCUT2D eigenvalue weighted by Crippen LogP contribution is -2.44. The predicted octanol–water partition coefficient (Wildman–Crippen LogP) is 1.26. The van der Waals surface area contributed by atoms with Crippen molar-refractivity contribution >= 4 is 11.9 Å². The number of nitrogens with one attached hydrogen (secondary N) is 2. The molecule has 156 valence electrons. The molecule has 8 nitrogen and oxygen atoms in total. The minimum Gasteiger partial charge on any atom is -0.497 e. The van der Waals surface area contributed by atoms with Crippen LogP contribution in [-0.4, -0.2) is 76.4 Å². The lowest BCUT2D eigenvalue weighted by Gasteiger charge is -2.19. The summed E-state index contributed by atoms with van der Waals surface area (Å²) in [7, 11) is 5.06. The van der Waals surface area contributed by atoms with Crippen LogP contribution in [-0.2, 0) is 9.53 Å². The van der Waals surface area contributed by atoms with E-state index in [2.05, 4.69) is 15.6 Å². The predicted molar refractivity (Wildman–Crippen MR) is 109 cm³/mol. The summed E-state index contributed by atoms with van der Waals surface area (Å²) in [5.74, 6) is 2.01. The summed E-state index contributed by atoms with van der Waals surface area (Å²) >= 11 is 0. The molecule has 1 amide bonds. The highest BCUT2D eigenvalue weighted by Gasteiger charge is 2.16. The third-order valence-corrected chi connectivity index (χ3v) is 4.33. The smallest absolute Gasteiger partial charge is 0.243 e. The summed E-state index contributed by atoms with van der Waals surface area (Å²) in [5, 5.41) is 6.50. The van der Waals surface area contributed by atoms with Gasteiger partial charge in [-0.3, -0.25) is 4.79 Å². The van der Waals surface area contributed by atoms with Crippen LogP contribution in [0.4, 0.5) is 0 Å². The van der Waals surface area contributed by atoms with Crippen LogP contribution in [0.15, 0.2) is 29.3 Å². The van der Waals surface area contributed by atoms with Crippen LogP contribution in [0.25, 0.3) is 0 Å². The molecule has 8 heteroatoms. The Balaban J connectivity index is 1.87. The fourth-order valence-corrected chi connectivity index (χ4v) is 2.67. The molecule has 0 radical (unpaired) electrons. The van der Waals surface area contributed by atoms with Crippen molar-refractivity contribution in [3.63, 3.8) is 0 Å². The van der Waals surface area contributed by atoms with Gasteiger partial charge in [0.25, 0.3) is 0 Å².